The zero-order valence-electron chi connectivity index (χ0n) is 13.3. The summed E-state index contributed by atoms with van der Waals surface area (Å²) in [5.41, 5.74) is 1.23. The van der Waals surface area contributed by atoms with Crippen molar-refractivity contribution >= 4 is 22.7 Å². The number of carbonyl (C=O) groups excluding carboxylic acids is 1. The predicted molar refractivity (Wildman–Crippen MR) is 91.3 cm³/mol. The van der Waals surface area contributed by atoms with E-state index in [0.717, 1.165) is 11.3 Å². The molecule has 0 fully saturated rings. The summed E-state index contributed by atoms with van der Waals surface area (Å²) >= 11 is 0. The van der Waals surface area contributed by atoms with Gasteiger partial charge in [-0.1, -0.05) is 18.2 Å². The van der Waals surface area contributed by atoms with Crippen molar-refractivity contribution in [1.82, 2.24) is 0 Å². The Kier molecular flexibility index (Phi) is 4.66. The first kappa shape index (κ1) is 16.3. The quantitative estimate of drug-likeness (QED) is 0.616. The first-order valence-corrected chi connectivity index (χ1v) is 8.54. The highest BCUT2D eigenvalue weighted by Gasteiger charge is 2.24. The second kappa shape index (κ2) is 6.88. The third kappa shape index (κ3) is 3.19. The largest absolute Gasteiger partial charge is 0.497 e. The maximum Gasteiger partial charge on any atom is 0.189 e. The molecule has 0 saturated heterocycles. The van der Waals surface area contributed by atoms with Crippen LogP contribution in [0.1, 0.15) is 15.9 Å². The van der Waals surface area contributed by atoms with Crippen LogP contribution in [0.4, 0.5) is 0 Å². The molecule has 124 valence electrons. The first-order valence-electron chi connectivity index (χ1n) is 7.22. The van der Waals surface area contributed by atoms with E-state index in [0.29, 0.717) is 22.0 Å². The Balaban J connectivity index is 1.87. The number of ketones is 1. The molecule has 1 aliphatic rings. The molecule has 6 heteroatoms. The van der Waals surface area contributed by atoms with Gasteiger partial charge in [-0.05, 0) is 29.8 Å². The molecule has 0 aromatic heterocycles. The van der Waals surface area contributed by atoms with Gasteiger partial charge in [0, 0.05) is 6.07 Å². The van der Waals surface area contributed by atoms with E-state index in [-0.39, 0.29) is 11.7 Å². The Morgan fingerprint density at radius 1 is 1.17 bits per heavy atom. The van der Waals surface area contributed by atoms with E-state index in [2.05, 4.69) is 0 Å². The minimum Gasteiger partial charge on any atom is -0.497 e. The lowest BCUT2D eigenvalue weighted by molar-refractivity contribution is 0.104. The van der Waals surface area contributed by atoms with Crippen molar-refractivity contribution in [2.75, 3.05) is 20.2 Å². The topological polar surface area (TPSA) is 61.8 Å². The lowest BCUT2D eigenvalue weighted by Crippen LogP contribution is -2.00. The molecule has 0 spiro atoms. The van der Waals surface area contributed by atoms with Gasteiger partial charge in [-0.3, -0.25) is 9.00 Å². The summed E-state index contributed by atoms with van der Waals surface area (Å²) in [4.78, 5) is 13.0. The fourth-order valence-electron chi connectivity index (χ4n) is 2.35. The van der Waals surface area contributed by atoms with Crippen LogP contribution >= 0.6 is 0 Å². The molecule has 0 aliphatic carbocycles. The number of methoxy groups -OCH3 is 2. The summed E-state index contributed by atoms with van der Waals surface area (Å²) in [6.07, 6.45) is 3.17. The third-order valence-electron chi connectivity index (χ3n) is 3.64. The SMILES string of the molecule is COc1ccc(C=CC(=O)c2cc3c(cc2OC)OCS3=O)cc1. The number of ether oxygens (including phenoxy) is 3. The maximum atomic E-state index is 12.5. The van der Waals surface area contributed by atoms with Gasteiger partial charge < -0.3 is 14.2 Å². The van der Waals surface area contributed by atoms with Crippen molar-refractivity contribution in [2.45, 2.75) is 4.90 Å². The van der Waals surface area contributed by atoms with Gasteiger partial charge >= 0.3 is 0 Å². The lowest BCUT2D eigenvalue weighted by atomic mass is 10.1. The van der Waals surface area contributed by atoms with Gasteiger partial charge in [-0.2, -0.15) is 0 Å². The number of hydrogen-bond donors (Lipinski definition) is 0. The van der Waals surface area contributed by atoms with Crippen LogP contribution in [-0.4, -0.2) is 30.2 Å². The van der Waals surface area contributed by atoms with Gasteiger partial charge in [0.05, 0.1) is 35.5 Å². The lowest BCUT2D eigenvalue weighted by Gasteiger charge is -2.07. The fraction of sp³-hybridized carbons (Fsp3) is 0.167. The summed E-state index contributed by atoms with van der Waals surface area (Å²) in [6.45, 7) is 0. The van der Waals surface area contributed by atoms with Crippen LogP contribution in [0.3, 0.4) is 0 Å². The van der Waals surface area contributed by atoms with Crippen LogP contribution in [0, 0.1) is 0 Å². The van der Waals surface area contributed by atoms with E-state index in [4.69, 9.17) is 14.2 Å². The molecule has 0 bridgehead atoms. The van der Waals surface area contributed by atoms with Crippen LogP contribution in [0.5, 0.6) is 17.2 Å². The van der Waals surface area contributed by atoms with E-state index in [1.165, 1.54) is 13.2 Å². The highest BCUT2D eigenvalue weighted by Crippen LogP contribution is 2.35. The Bertz CT molecular complexity index is 824. The molecule has 0 N–H and O–H groups in total. The van der Waals surface area contributed by atoms with Gasteiger partial charge in [0.2, 0.25) is 0 Å². The molecule has 2 aromatic carbocycles. The molecule has 1 aliphatic heterocycles. The number of benzene rings is 2. The summed E-state index contributed by atoms with van der Waals surface area (Å²) < 4.78 is 27.6. The van der Waals surface area contributed by atoms with Crippen LogP contribution in [0.25, 0.3) is 6.08 Å². The molecule has 2 aromatic rings. The number of hydrogen-bond acceptors (Lipinski definition) is 5. The Morgan fingerprint density at radius 3 is 2.58 bits per heavy atom. The second-order valence-electron chi connectivity index (χ2n) is 5.08. The molecule has 1 heterocycles. The molecule has 0 radical (unpaired) electrons. The Hall–Kier alpha value is -2.60. The summed E-state index contributed by atoms with van der Waals surface area (Å²) in [6, 6.07) is 10.5. The predicted octanol–water partition coefficient (Wildman–Crippen LogP) is 3.06. The summed E-state index contributed by atoms with van der Waals surface area (Å²) in [7, 11) is 1.84. The van der Waals surface area contributed by atoms with Crippen LogP contribution < -0.4 is 14.2 Å². The Morgan fingerprint density at radius 2 is 1.92 bits per heavy atom. The molecule has 0 saturated carbocycles. The first-order chi connectivity index (χ1) is 11.6. The van der Waals surface area contributed by atoms with Gasteiger partial charge in [-0.15, -0.1) is 0 Å². The fourth-order valence-corrected chi connectivity index (χ4v) is 3.30. The monoisotopic (exact) mass is 344 g/mol. The van der Waals surface area contributed by atoms with Gasteiger partial charge in [-0.25, -0.2) is 0 Å². The molecule has 1 unspecified atom stereocenters. The molecule has 1 atom stereocenters. The minimum atomic E-state index is -1.25. The average Bonchev–Trinajstić information content (AvgIpc) is 2.99. The zero-order valence-corrected chi connectivity index (χ0v) is 14.1. The normalized spacial score (nSPS) is 15.8. The van der Waals surface area contributed by atoms with Crippen molar-refractivity contribution in [3.8, 4) is 17.2 Å². The van der Waals surface area contributed by atoms with Crippen LogP contribution in [0.15, 0.2) is 47.4 Å². The highest BCUT2D eigenvalue weighted by molar-refractivity contribution is 7.85. The smallest absolute Gasteiger partial charge is 0.189 e. The molecule has 5 nitrogen and oxygen atoms in total. The molecule has 3 rings (SSSR count). The number of fused-ring (bicyclic) bond motifs is 1. The molecule has 24 heavy (non-hydrogen) atoms. The number of carbonyl (C=O) groups is 1. The average molecular weight is 344 g/mol. The van der Waals surface area contributed by atoms with Crippen molar-refractivity contribution in [2.24, 2.45) is 0 Å². The molecule has 0 amide bonds. The third-order valence-corrected chi connectivity index (χ3v) is 4.78. The van der Waals surface area contributed by atoms with Crippen LogP contribution in [0.2, 0.25) is 0 Å². The van der Waals surface area contributed by atoms with Gasteiger partial charge in [0.15, 0.2) is 11.7 Å². The summed E-state index contributed by atoms with van der Waals surface area (Å²) in [5.74, 6) is 1.53. The molecular formula is C18H16O5S. The van der Waals surface area contributed by atoms with Gasteiger partial charge in [0.25, 0.3) is 0 Å². The maximum absolute atomic E-state index is 12.5. The number of rotatable bonds is 5. The van der Waals surface area contributed by atoms with Crippen molar-refractivity contribution < 1.29 is 23.2 Å². The summed E-state index contributed by atoms with van der Waals surface area (Å²) in [5, 5.41) is 0. The Labute approximate surface area is 142 Å². The highest BCUT2D eigenvalue weighted by atomic mass is 32.2. The van der Waals surface area contributed by atoms with Crippen molar-refractivity contribution in [1.29, 1.82) is 0 Å². The van der Waals surface area contributed by atoms with Gasteiger partial charge in [0.1, 0.15) is 17.2 Å². The molecular weight excluding hydrogens is 328 g/mol. The van der Waals surface area contributed by atoms with E-state index in [1.54, 1.807) is 25.3 Å². The zero-order chi connectivity index (χ0) is 17.1. The second-order valence-corrected chi connectivity index (χ2v) is 6.44. The van der Waals surface area contributed by atoms with E-state index >= 15 is 0 Å². The van der Waals surface area contributed by atoms with E-state index < -0.39 is 10.8 Å². The van der Waals surface area contributed by atoms with E-state index in [1.807, 2.05) is 24.3 Å². The standard InChI is InChI=1S/C18H16O5S/c1-21-13-6-3-12(4-7-13)5-8-15(19)14-9-18-17(10-16(14)22-2)23-11-24(18)20/h3-10H,11H2,1-2H3. The van der Waals surface area contributed by atoms with Crippen molar-refractivity contribution in [3.63, 3.8) is 0 Å². The van der Waals surface area contributed by atoms with E-state index in [9.17, 15) is 9.00 Å². The number of allylic oxidation sites excluding steroid dienone is 1. The minimum absolute atomic E-state index is 0.109. The van der Waals surface area contributed by atoms with Crippen LogP contribution in [-0.2, 0) is 10.8 Å². The van der Waals surface area contributed by atoms with Crippen molar-refractivity contribution in [3.05, 3.63) is 53.6 Å².